The summed E-state index contributed by atoms with van der Waals surface area (Å²) >= 11 is 4.98. The Kier molecular flexibility index (Phi) is 5.78. The number of hydrogen-bond donors (Lipinski definition) is 2. The van der Waals surface area contributed by atoms with Gasteiger partial charge in [0.1, 0.15) is 0 Å². The van der Waals surface area contributed by atoms with E-state index in [0.717, 1.165) is 9.35 Å². The van der Waals surface area contributed by atoms with E-state index in [4.69, 9.17) is 0 Å². The monoisotopic (exact) mass is 334 g/mol. The van der Waals surface area contributed by atoms with Gasteiger partial charge in [0, 0.05) is 21.3 Å². The third-order valence-corrected chi connectivity index (χ3v) is 3.85. The Bertz CT molecular complexity index is 401. The number of thiophene rings is 1. The van der Waals surface area contributed by atoms with Crippen molar-refractivity contribution >= 4 is 33.2 Å². The van der Waals surface area contributed by atoms with E-state index in [0.29, 0.717) is 13.1 Å². The van der Waals surface area contributed by atoms with Crippen LogP contribution in [0.5, 0.6) is 0 Å². The summed E-state index contributed by atoms with van der Waals surface area (Å²) < 4.78 is 1.04. The number of rotatable bonds is 6. The van der Waals surface area contributed by atoms with Crippen molar-refractivity contribution in [2.45, 2.75) is 26.0 Å². The first-order valence-electron chi connectivity index (χ1n) is 5.67. The smallest absolute Gasteiger partial charge is 0.234 e. The van der Waals surface area contributed by atoms with Gasteiger partial charge in [-0.15, -0.1) is 11.3 Å². The van der Waals surface area contributed by atoms with Crippen LogP contribution in [0, 0.1) is 0 Å². The average molecular weight is 335 g/mol. The van der Waals surface area contributed by atoms with E-state index in [1.165, 1.54) is 0 Å². The van der Waals surface area contributed by atoms with Crippen molar-refractivity contribution in [2.75, 3.05) is 20.1 Å². The van der Waals surface area contributed by atoms with E-state index >= 15 is 0 Å². The number of halogens is 1. The quantitative estimate of drug-likeness (QED) is 0.834. The first-order chi connectivity index (χ1) is 8.26. The number of nitrogens with one attached hydrogen (secondary N) is 1. The van der Waals surface area contributed by atoms with Gasteiger partial charge < -0.3 is 10.4 Å². The number of carbonyl (C=O) groups excluding carboxylic acids is 1. The van der Waals surface area contributed by atoms with Crippen molar-refractivity contribution in [3.05, 3.63) is 20.8 Å². The number of carbonyl (C=O) groups is 1. The molecule has 0 aliphatic rings. The largest absolute Gasteiger partial charge is 0.389 e. The predicted molar refractivity (Wildman–Crippen MR) is 77.7 cm³/mol. The highest BCUT2D eigenvalue weighted by Crippen LogP contribution is 2.19. The Morgan fingerprint density at radius 1 is 1.61 bits per heavy atom. The molecule has 18 heavy (non-hydrogen) atoms. The minimum absolute atomic E-state index is 0.0359. The molecule has 0 saturated heterocycles. The summed E-state index contributed by atoms with van der Waals surface area (Å²) in [6, 6.07) is 1.99. The molecule has 0 aliphatic heterocycles. The number of nitrogens with zero attached hydrogens (tertiary/aromatic N) is 1. The van der Waals surface area contributed by atoms with Crippen molar-refractivity contribution in [1.82, 2.24) is 10.2 Å². The maximum Gasteiger partial charge on any atom is 0.234 e. The van der Waals surface area contributed by atoms with E-state index in [9.17, 15) is 9.90 Å². The Labute approximate surface area is 120 Å². The first-order valence-corrected chi connectivity index (χ1v) is 7.34. The number of likely N-dealkylation sites (N-methyl/N-ethyl adjacent to an activating group) is 1. The standard InChI is InChI=1S/C12H19BrN2O2S/c1-12(2,17)8-15(3)6-11(16)14-5-10-4-9(13)7-18-10/h4,7,17H,5-6,8H2,1-3H3,(H,14,16). The molecule has 0 bridgehead atoms. The summed E-state index contributed by atoms with van der Waals surface area (Å²) in [5, 5.41) is 14.5. The van der Waals surface area contributed by atoms with Gasteiger partial charge in [-0.2, -0.15) is 0 Å². The van der Waals surface area contributed by atoms with Crippen molar-refractivity contribution < 1.29 is 9.90 Å². The summed E-state index contributed by atoms with van der Waals surface area (Å²) in [7, 11) is 1.82. The maximum atomic E-state index is 11.7. The van der Waals surface area contributed by atoms with Gasteiger partial charge in [-0.05, 0) is 42.9 Å². The van der Waals surface area contributed by atoms with Crippen molar-refractivity contribution in [2.24, 2.45) is 0 Å². The van der Waals surface area contributed by atoms with Gasteiger partial charge >= 0.3 is 0 Å². The van der Waals surface area contributed by atoms with E-state index in [1.807, 2.05) is 18.5 Å². The molecule has 2 N–H and O–H groups in total. The Balaban J connectivity index is 2.29. The summed E-state index contributed by atoms with van der Waals surface area (Å²) in [4.78, 5) is 14.6. The van der Waals surface area contributed by atoms with Gasteiger partial charge in [-0.3, -0.25) is 9.69 Å². The third kappa shape index (κ3) is 6.49. The predicted octanol–water partition coefficient (Wildman–Crippen LogP) is 1.83. The highest BCUT2D eigenvalue weighted by molar-refractivity contribution is 9.10. The zero-order valence-corrected chi connectivity index (χ0v) is 13.3. The Morgan fingerprint density at radius 2 is 2.28 bits per heavy atom. The molecule has 0 saturated carbocycles. The van der Waals surface area contributed by atoms with Crippen molar-refractivity contribution in [3.63, 3.8) is 0 Å². The second-order valence-electron chi connectivity index (χ2n) is 4.99. The number of hydrogen-bond acceptors (Lipinski definition) is 4. The highest BCUT2D eigenvalue weighted by atomic mass is 79.9. The highest BCUT2D eigenvalue weighted by Gasteiger charge is 2.17. The lowest BCUT2D eigenvalue weighted by atomic mass is 10.1. The Hall–Kier alpha value is -0.430. The second-order valence-corrected chi connectivity index (χ2v) is 6.90. The van der Waals surface area contributed by atoms with E-state index in [2.05, 4.69) is 21.2 Å². The summed E-state index contributed by atoms with van der Waals surface area (Å²) in [5.41, 5.74) is -0.784. The van der Waals surface area contributed by atoms with Crippen molar-refractivity contribution in [3.8, 4) is 0 Å². The molecular formula is C12H19BrN2O2S. The molecule has 0 fully saturated rings. The van der Waals surface area contributed by atoms with Crippen LogP contribution in [-0.2, 0) is 11.3 Å². The maximum absolute atomic E-state index is 11.7. The SMILES string of the molecule is CN(CC(=O)NCc1cc(Br)cs1)CC(C)(C)O. The van der Waals surface area contributed by atoms with Crippen LogP contribution in [-0.4, -0.2) is 41.7 Å². The molecule has 0 atom stereocenters. The van der Waals surface area contributed by atoms with Crippen LogP contribution in [0.3, 0.4) is 0 Å². The fourth-order valence-corrected chi connectivity index (χ4v) is 3.04. The second kappa shape index (κ2) is 6.65. The molecule has 1 heterocycles. The molecule has 0 radical (unpaired) electrons. The van der Waals surface area contributed by atoms with Crippen LogP contribution in [0.15, 0.2) is 15.9 Å². The molecule has 4 nitrogen and oxygen atoms in total. The fraction of sp³-hybridized carbons (Fsp3) is 0.583. The first kappa shape index (κ1) is 15.6. The molecule has 0 aliphatic carbocycles. The molecule has 0 unspecified atom stereocenters. The van der Waals surface area contributed by atoms with E-state index in [1.54, 1.807) is 30.1 Å². The molecule has 102 valence electrons. The average Bonchev–Trinajstić information content (AvgIpc) is 2.58. The van der Waals surface area contributed by atoms with Gasteiger partial charge in [0.05, 0.1) is 18.7 Å². The van der Waals surface area contributed by atoms with Gasteiger partial charge in [0.25, 0.3) is 0 Å². The minimum Gasteiger partial charge on any atom is -0.389 e. The summed E-state index contributed by atoms with van der Waals surface area (Å²) in [6.07, 6.45) is 0. The van der Waals surface area contributed by atoms with Gasteiger partial charge in [0.15, 0.2) is 0 Å². The lowest BCUT2D eigenvalue weighted by Crippen LogP contribution is -2.41. The van der Waals surface area contributed by atoms with Gasteiger partial charge in [-0.25, -0.2) is 0 Å². The molecule has 1 amide bonds. The van der Waals surface area contributed by atoms with Gasteiger partial charge in [0.2, 0.25) is 5.91 Å². The molecule has 0 aromatic carbocycles. The Morgan fingerprint density at radius 3 is 2.78 bits per heavy atom. The van der Waals surface area contributed by atoms with Crippen LogP contribution in [0.25, 0.3) is 0 Å². The fourth-order valence-electron chi connectivity index (χ4n) is 1.65. The topological polar surface area (TPSA) is 52.6 Å². The van der Waals surface area contributed by atoms with Crippen LogP contribution in [0.4, 0.5) is 0 Å². The zero-order valence-electron chi connectivity index (χ0n) is 10.9. The number of amides is 1. The molecule has 6 heteroatoms. The zero-order chi connectivity index (χ0) is 13.8. The lowest BCUT2D eigenvalue weighted by molar-refractivity contribution is -0.122. The van der Waals surface area contributed by atoms with Crippen LogP contribution < -0.4 is 5.32 Å². The molecule has 1 aromatic heterocycles. The molecule has 1 rings (SSSR count). The van der Waals surface area contributed by atoms with E-state index in [-0.39, 0.29) is 12.5 Å². The molecule has 1 aromatic rings. The van der Waals surface area contributed by atoms with E-state index < -0.39 is 5.60 Å². The van der Waals surface area contributed by atoms with Crippen molar-refractivity contribution in [1.29, 1.82) is 0 Å². The van der Waals surface area contributed by atoms with Crippen LogP contribution in [0.1, 0.15) is 18.7 Å². The molecule has 0 spiro atoms. The minimum atomic E-state index is -0.784. The van der Waals surface area contributed by atoms with Crippen LogP contribution >= 0.6 is 27.3 Å². The lowest BCUT2D eigenvalue weighted by Gasteiger charge is -2.24. The summed E-state index contributed by atoms with van der Waals surface area (Å²) in [6.45, 7) is 4.75. The van der Waals surface area contributed by atoms with Crippen LogP contribution in [0.2, 0.25) is 0 Å². The third-order valence-electron chi connectivity index (χ3n) is 2.15. The van der Waals surface area contributed by atoms with Gasteiger partial charge in [-0.1, -0.05) is 0 Å². The number of aliphatic hydroxyl groups is 1. The summed E-state index contributed by atoms with van der Waals surface area (Å²) in [5.74, 6) is -0.0359. The molecular weight excluding hydrogens is 316 g/mol. The normalized spacial score (nSPS) is 11.9.